The minimum atomic E-state index is 0.442. The summed E-state index contributed by atoms with van der Waals surface area (Å²) in [5.74, 6) is 0.562. The number of H-pyrrole nitrogens is 1. The Hall–Kier alpha value is -1.01. The van der Waals surface area contributed by atoms with Crippen molar-refractivity contribution in [1.82, 2.24) is 15.0 Å². The molecule has 1 aliphatic heterocycles. The highest BCUT2D eigenvalue weighted by atomic mass is 35.5. The fraction of sp³-hybridized carbons (Fsp3) is 0.250. The summed E-state index contributed by atoms with van der Waals surface area (Å²) in [6, 6.07) is 1.63. The molecule has 0 fully saturated rings. The fourth-order valence-electron chi connectivity index (χ4n) is 1.96. The summed E-state index contributed by atoms with van der Waals surface area (Å²) < 4.78 is 5.90. The molecule has 0 aromatic carbocycles. The second-order valence-electron chi connectivity index (χ2n) is 4.13. The molecule has 0 unspecified atom stereocenters. The number of nitrogens with zero attached hydrogens (tertiary/aromatic N) is 2. The van der Waals surface area contributed by atoms with E-state index in [1.807, 2.05) is 0 Å². The van der Waals surface area contributed by atoms with Crippen LogP contribution in [-0.2, 0) is 17.8 Å². The lowest BCUT2D eigenvalue weighted by Gasteiger charge is -2.17. The van der Waals surface area contributed by atoms with Crippen molar-refractivity contribution in [3.63, 3.8) is 0 Å². The number of aromatic amines is 1. The van der Waals surface area contributed by atoms with E-state index in [9.17, 15) is 0 Å². The maximum absolute atomic E-state index is 6.13. The Morgan fingerprint density at radius 3 is 3.00 bits per heavy atom. The van der Waals surface area contributed by atoms with Gasteiger partial charge in [0.1, 0.15) is 10.3 Å². The molecule has 0 saturated heterocycles. The molecule has 19 heavy (non-hydrogen) atoms. The molecule has 0 aliphatic carbocycles. The van der Waals surface area contributed by atoms with Gasteiger partial charge in [0.2, 0.25) is 0 Å². The summed E-state index contributed by atoms with van der Waals surface area (Å²) in [5.41, 5.74) is 2.52. The molecule has 0 bridgehead atoms. The maximum atomic E-state index is 6.13. The molecule has 2 aromatic heterocycles. The van der Waals surface area contributed by atoms with Gasteiger partial charge in [0, 0.05) is 23.9 Å². The van der Waals surface area contributed by atoms with Crippen molar-refractivity contribution in [2.45, 2.75) is 13.0 Å². The molecular weight excluding hydrogens is 305 g/mol. The van der Waals surface area contributed by atoms with Crippen molar-refractivity contribution in [3.8, 4) is 11.5 Å². The summed E-state index contributed by atoms with van der Waals surface area (Å²) in [6.45, 7) is 1.17. The average molecular weight is 314 g/mol. The molecule has 0 radical (unpaired) electrons. The summed E-state index contributed by atoms with van der Waals surface area (Å²) >= 11 is 17.3. The minimum Gasteiger partial charge on any atom is -0.376 e. The Labute approximate surface area is 124 Å². The monoisotopic (exact) mass is 313 g/mol. The Morgan fingerprint density at radius 2 is 2.21 bits per heavy atom. The van der Waals surface area contributed by atoms with Crippen LogP contribution in [0.25, 0.3) is 11.5 Å². The van der Waals surface area contributed by atoms with E-state index in [1.54, 1.807) is 6.07 Å². The van der Waals surface area contributed by atoms with Crippen LogP contribution in [0, 0.1) is 4.64 Å². The predicted molar refractivity (Wildman–Crippen MR) is 76.0 cm³/mol. The van der Waals surface area contributed by atoms with Crippen molar-refractivity contribution in [2.75, 3.05) is 6.61 Å². The van der Waals surface area contributed by atoms with Crippen LogP contribution in [-0.4, -0.2) is 21.6 Å². The van der Waals surface area contributed by atoms with Gasteiger partial charge >= 0.3 is 0 Å². The zero-order valence-electron chi connectivity index (χ0n) is 9.74. The highest BCUT2D eigenvalue weighted by Crippen LogP contribution is 2.27. The maximum Gasteiger partial charge on any atom is 0.159 e. The van der Waals surface area contributed by atoms with Crippen LogP contribution in [0.4, 0.5) is 0 Å². The summed E-state index contributed by atoms with van der Waals surface area (Å²) in [5, 5.41) is 0.927. The average Bonchev–Trinajstić information content (AvgIpc) is 2.38. The van der Waals surface area contributed by atoms with Gasteiger partial charge in [-0.1, -0.05) is 35.4 Å². The van der Waals surface area contributed by atoms with Crippen LogP contribution in [0.5, 0.6) is 0 Å². The quantitative estimate of drug-likeness (QED) is 0.818. The van der Waals surface area contributed by atoms with E-state index in [-0.39, 0.29) is 0 Å². The number of hydrogen-bond acceptors (Lipinski definition) is 4. The van der Waals surface area contributed by atoms with E-state index < -0.39 is 0 Å². The minimum absolute atomic E-state index is 0.442. The summed E-state index contributed by atoms with van der Waals surface area (Å²) in [6.07, 6.45) is 2.31. The lowest BCUT2D eigenvalue weighted by molar-refractivity contribution is 0.108. The Kier molecular flexibility index (Phi) is 3.54. The second-order valence-corrected chi connectivity index (χ2v) is 5.36. The van der Waals surface area contributed by atoms with Gasteiger partial charge < -0.3 is 9.72 Å². The number of pyridine rings is 1. The van der Waals surface area contributed by atoms with E-state index in [1.165, 1.54) is 6.20 Å². The van der Waals surface area contributed by atoms with E-state index in [0.717, 1.165) is 17.7 Å². The number of ether oxygens (including phenoxy) is 1. The number of hydrogen-bond donors (Lipinski definition) is 1. The molecule has 0 spiro atoms. The van der Waals surface area contributed by atoms with E-state index in [0.29, 0.717) is 39.4 Å². The Morgan fingerprint density at radius 1 is 1.37 bits per heavy atom. The first kappa shape index (κ1) is 13.0. The highest BCUT2D eigenvalue weighted by molar-refractivity contribution is 7.71. The molecule has 1 aliphatic rings. The lowest BCUT2D eigenvalue weighted by atomic mass is 10.1. The van der Waals surface area contributed by atoms with Gasteiger partial charge in [0.05, 0.1) is 23.3 Å². The van der Waals surface area contributed by atoms with Crippen molar-refractivity contribution in [3.05, 3.63) is 38.2 Å². The molecule has 1 N–H and O–H groups in total. The van der Waals surface area contributed by atoms with Gasteiger partial charge in [-0.3, -0.25) is 0 Å². The van der Waals surface area contributed by atoms with Gasteiger partial charge in [0.15, 0.2) is 5.82 Å². The van der Waals surface area contributed by atoms with Gasteiger partial charge in [0.25, 0.3) is 0 Å². The fourth-order valence-corrected chi connectivity index (χ4v) is 2.70. The standard InChI is InChI=1S/C12H9Cl2N3OS/c13-6-3-8(14)10(15-4-6)11-16-9-1-2-18-5-7(9)12(19)17-11/h3-4H,1-2,5H2,(H,16,17,19). The van der Waals surface area contributed by atoms with Gasteiger partial charge in [-0.25, -0.2) is 9.97 Å². The topological polar surface area (TPSA) is 50.8 Å². The molecule has 3 heterocycles. The number of nitrogens with one attached hydrogen (secondary N) is 1. The first-order chi connectivity index (χ1) is 9.15. The molecule has 3 rings (SSSR count). The predicted octanol–water partition coefficient (Wildman–Crippen LogP) is 3.58. The van der Waals surface area contributed by atoms with Crippen LogP contribution in [0.1, 0.15) is 11.3 Å². The van der Waals surface area contributed by atoms with Crippen molar-refractivity contribution < 1.29 is 4.74 Å². The van der Waals surface area contributed by atoms with Gasteiger partial charge in [-0.15, -0.1) is 0 Å². The molecule has 0 amide bonds. The lowest BCUT2D eigenvalue weighted by Crippen LogP contribution is -2.14. The van der Waals surface area contributed by atoms with Crippen LogP contribution in [0.2, 0.25) is 10.0 Å². The SMILES string of the molecule is S=c1nc(-c2ncc(Cl)cc2Cl)[nH]c2c1COCC2. The number of halogens is 2. The largest absolute Gasteiger partial charge is 0.376 e. The summed E-state index contributed by atoms with van der Waals surface area (Å²) in [4.78, 5) is 11.8. The highest BCUT2D eigenvalue weighted by Gasteiger charge is 2.16. The number of fused-ring (bicyclic) bond motifs is 1. The Balaban J connectivity index is 2.15. The molecule has 7 heteroatoms. The first-order valence-electron chi connectivity index (χ1n) is 5.66. The number of aromatic nitrogens is 3. The van der Waals surface area contributed by atoms with Crippen LogP contribution < -0.4 is 0 Å². The van der Waals surface area contributed by atoms with Crippen LogP contribution in [0.3, 0.4) is 0 Å². The van der Waals surface area contributed by atoms with Gasteiger partial charge in [-0.2, -0.15) is 0 Å². The van der Waals surface area contributed by atoms with Gasteiger partial charge in [-0.05, 0) is 6.07 Å². The third-order valence-electron chi connectivity index (χ3n) is 2.88. The van der Waals surface area contributed by atoms with Crippen molar-refractivity contribution in [1.29, 1.82) is 0 Å². The zero-order chi connectivity index (χ0) is 13.4. The third-order valence-corrected chi connectivity index (χ3v) is 3.71. The van der Waals surface area contributed by atoms with Crippen molar-refractivity contribution >= 4 is 35.4 Å². The third kappa shape index (κ3) is 2.51. The van der Waals surface area contributed by atoms with Crippen molar-refractivity contribution in [2.24, 2.45) is 0 Å². The molecule has 4 nitrogen and oxygen atoms in total. The molecule has 0 saturated carbocycles. The first-order valence-corrected chi connectivity index (χ1v) is 6.83. The molecule has 98 valence electrons. The van der Waals surface area contributed by atoms with Crippen LogP contribution >= 0.6 is 35.4 Å². The smallest absolute Gasteiger partial charge is 0.159 e. The molecular formula is C12H9Cl2N3OS. The zero-order valence-corrected chi connectivity index (χ0v) is 12.1. The Bertz CT molecular complexity index is 702. The normalized spacial score (nSPS) is 14.2. The second kappa shape index (κ2) is 5.17. The van der Waals surface area contributed by atoms with E-state index >= 15 is 0 Å². The van der Waals surface area contributed by atoms with Crippen LogP contribution in [0.15, 0.2) is 12.3 Å². The van der Waals surface area contributed by atoms with E-state index in [2.05, 4.69) is 15.0 Å². The number of rotatable bonds is 1. The van der Waals surface area contributed by atoms with E-state index in [4.69, 9.17) is 40.2 Å². The summed E-state index contributed by atoms with van der Waals surface area (Å²) in [7, 11) is 0. The molecule has 2 aromatic rings. The molecule has 0 atom stereocenters.